The van der Waals surface area contributed by atoms with Gasteiger partial charge in [0, 0.05) is 23.3 Å². The van der Waals surface area contributed by atoms with Crippen LogP contribution < -0.4 is 0 Å². The molecule has 0 unspecified atom stereocenters. The summed E-state index contributed by atoms with van der Waals surface area (Å²) in [4.78, 5) is 7.87. The number of likely N-dealkylation sites (tertiary alicyclic amines) is 1. The molecule has 3 nitrogen and oxygen atoms in total. The molecule has 1 aliphatic heterocycles. The fraction of sp³-hybridized carbons (Fsp3) is 0.500. The van der Waals surface area contributed by atoms with Gasteiger partial charge < -0.3 is 16.2 Å². The second-order valence-electron chi connectivity index (χ2n) is 9.52. The van der Waals surface area contributed by atoms with E-state index in [1.807, 2.05) is 13.0 Å². The number of halogens is 3. The van der Waals surface area contributed by atoms with Crippen LogP contribution in [0.1, 0.15) is 85.3 Å². The van der Waals surface area contributed by atoms with E-state index in [1.54, 1.807) is 12.1 Å². The number of alkyl halides is 3. The predicted molar refractivity (Wildman–Crippen MR) is 130 cm³/mol. The summed E-state index contributed by atoms with van der Waals surface area (Å²) >= 11 is 0. The third-order valence-corrected chi connectivity index (χ3v) is 7.07. The van der Waals surface area contributed by atoms with E-state index in [2.05, 4.69) is 35.5 Å². The monoisotopic (exact) mass is 530 g/mol. The Morgan fingerprint density at radius 3 is 2.43 bits per heavy atom. The van der Waals surface area contributed by atoms with Gasteiger partial charge in [-0.25, -0.2) is 0 Å². The quantitative estimate of drug-likeness (QED) is 0.204. The van der Waals surface area contributed by atoms with Crippen LogP contribution in [0.3, 0.4) is 0 Å². The topological polar surface area (TPSA) is 24.8 Å². The van der Waals surface area contributed by atoms with Crippen LogP contribution in [-0.4, -0.2) is 23.7 Å². The van der Waals surface area contributed by atoms with Gasteiger partial charge in [-0.1, -0.05) is 55.6 Å². The van der Waals surface area contributed by atoms with Gasteiger partial charge in [0.1, 0.15) is 6.61 Å². The maximum atomic E-state index is 13.8. The number of benzene rings is 2. The van der Waals surface area contributed by atoms with Gasteiger partial charge in [0.05, 0.1) is 11.3 Å². The van der Waals surface area contributed by atoms with Crippen LogP contribution in [0.25, 0.3) is 0 Å². The molecular formula is C28H34CoF3N2O-. The number of hydrogen-bond acceptors (Lipinski definition) is 3. The average Bonchev–Trinajstić information content (AvgIpc) is 2.81. The molecule has 1 heterocycles. The molecule has 2 aromatic carbocycles. The van der Waals surface area contributed by atoms with Gasteiger partial charge in [0.25, 0.3) is 0 Å². The van der Waals surface area contributed by atoms with Crippen molar-refractivity contribution in [1.82, 2.24) is 4.90 Å². The fourth-order valence-corrected chi connectivity index (χ4v) is 4.98. The summed E-state index contributed by atoms with van der Waals surface area (Å²) in [5.74, 6) is -0.00411. The summed E-state index contributed by atoms with van der Waals surface area (Å²) in [6.07, 6.45) is 3.60. The van der Waals surface area contributed by atoms with Gasteiger partial charge in [-0.2, -0.15) is 13.2 Å². The zero-order chi connectivity index (χ0) is 24.1. The van der Waals surface area contributed by atoms with Crippen LogP contribution in [0, 0.1) is 6.42 Å². The van der Waals surface area contributed by atoms with E-state index in [0.717, 1.165) is 63.7 Å². The zero-order valence-corrected chi connectivity index (χ0v) is 21.5. The Labute approximate surface area is 217 Å². The molecule has 7 heteroatoms. The van der Waals surface area contributed by atoms with E-state index < -0.39 is 11.7 Å². The number of aryl methyl sites for hydroxylation is 1. The Morgan fingerprint density at radius 1 is 1.06 bits per heavy atom. The standard InChI is InChI=1S/C28H34F3N2O.Co/c1-3-22-17-24(11-12-25(22)18-33-14-7-15-33)20(2)32-34-19-21-10-13-26(23-8-5-4-6-9-23)27(16-21)28(29,30)31;/h7,10-13,16-17,23H,3-6,8-9,14-15,18-19H2,1-2H3;/q-1;/b32-20+;. The van der Waals surface area contributed by atoms with E-state index in [0.29, 0.717) is 16.8 Å². The summed E-state index contributed by atoms with van der Waals surface area (Å²) in [7, 11) is 0. The van der Waals surface area contributed by atoms with Crippen molar-refractivity contribution < 1.29 is 34.8 Å². The van der Waals surface area contributed by atoms with Gasteiger partial charge >= 0.3 is 6.18 Å². The minimum absolute atomic E-state index is 0. The van der Waals surface area contributed by atoms with Gasteiger partial charge in [-0.3, -0.25) is 0 Å². The van der Waals surface area contributed by atoms with Crippen LogP contribution in [0.5, 0.6) is 0 Å². The van der Waals surface area contributed by atoms with Crippen molar-refractivity contribution in [1.29, 1.82) is 0 Å². The normalized spacial score (nSPS) is 17.6. The molecule has 4 rings (SSSR count). The smallest absolute Gasteiger partial charge is 0.391 e. The molecule has 1 saturated carbocycles. The largest absolute Gasteiger partial charge is 0.416 e. The van der Waals surface area contributed by atoms with Crippen molar-refractivity contribution in [3.05, 3.63) is 76.2 Å². The molecule has 193 valence electrons. The van der Waals surface area contributed by atoms with Crippen LogP contribution in [0.2, 0.25) is 0 Å². The SMILES string of the molecule is CCc1cc(/C(C)=N/OCc2ccc(C3CCCCC3)c(C(F)(F)F)c2)ccc1CN1C[CH-]C1.[Co]. The van der Waals surface area contributed by atoms with E-state index in [-0.39, 0.29) is 29.3 Å². The van der Waals surface area contributed by atoms with Gasteiger partial charge in [-0.15, -0.1) is 13.1 Å². The van der Waals surface area contributed by atoms with E-state index in [4.69, 9.17) is 4.84 Å². The summed E-state index contributed by atoms with van der Waals surface area (Å²) in [6.45, 7) is 7.05. The van der Waals surface area contributed by atoms with Crippen molar-refractivity contribution in [2.24, 2.45) is 5.16 Å². The first-order valence-corrected chi connectivity index (χ1v) is 12.4. The van der Waals surface area contributed by atoms with Gasteiger partial charge in [0.2, 0.25) is 0 Å². The molecule has 2 fully saturated rings. The Balaban J connectivity index is 0.00000342. The first-order chi connectivity index (χ1) is 16.3. The van der Waals surface area contributed by atoms with Crippen molar-refractivity contribution >= 4 is 5.71 Å². The first-order valence-electron chi connectivity index (χ1n) is 12.4. The molecule has 1 saturated heterocycles. The average molecular weight is 531 g/mol. The molecular weight excluding hydrogens is 496 g/mol. The first kappa shape index (κ1) is 27.7. The third kappa shape index (κ3) is 7.11. The minimum atomic E-state index is -4.37. The summed E-state index contributed by atoms with van der Waals surface area (Å²) in [5.41, 5.74) is 4.69. The Bertz CT molecular complexity index is 1010. The van der Waals surface area contributed by atoms with Crippen LogP contribution in [0.4, 0.5) is 13.2 Å². The van der Waals surface area contributed by atoms with Crippen LogP contribution >= 0.6 is 0 Å². The van der Waals surface area contributed by atoms with Gasteiger partial charge in [0.15, 0.2) is 0 Å². The maximum absolute atomic E-state index is 13.8. The van der Waals surface area contributed by atoms with Gasteiger partial charge in [-0.05, 0) is 72.1 Å². The van der Waals surface area contributed by atoms with Crippen LogP contribution in [-0.2, 0) is 47.4 Å². The maximum Gasteiger partial charge on any atom is 0.416 e. The van der Waals surface area contributed by atoms with Crippen molar-refractivity contribution in [3.8, 4) is 0 Å². The van der Waals surface area contributed by atoms with E-state index >= 15 is 0 Å². The van der Waals surface area contributed by atoms with Crippen molar-refractivity contribution in [3.63, 3.8) is 0 Å². The van der Waals surface area contributed by atoms with Crippen LogP contribution in [0.15, 0.2) is 41.6 Å². The molecule has 0 atom stereocenters. The molecule has 0 bridgehead atoms. The second kappa shape index (κ2) is 12.4. The summed E-state index contributed by atoms with van der Waals surface area (Å²) < 4.78 is 41.4. The van der Waals surface area contributed by atoms with Crippen molar-refractivity contribution in [2.45, 2.75) is 77.6 Å². The summed E-state index contributed by atoms with van der Waals surface area (Å²) in [5, 5.41) is 4.21. The number of rotatable bonds is 8. The molecule has 1 radical (unpaired) electrons. The molecule has 35 heavy (non-hydrogen) atoms. The third-order valence-electron chi connectivity index (χ3n) is 7.07. The number of oxime groups is 1. The van der Waals surface area contributed by atoms with Crippen molar-refractivity contribution in [2.75, 3.05) is 13.1 Å². The van der Waals surface area contributed by atoms with E-state index in [9.17, 15) is 13.2 Å². The molecule has 0 spiro atoms. The molecule has 2 aliphatic rings. The Kier molecular flexibility index (Phi) is 9.84. The minimum Gasteiger partial charge on any atom is -0.391 e. The Morgan fingerprint density at radius 2 is 1.80 bits per heavy atom. The summed E-state index contributed by atoms with van der Waals surface area (Å²) in [6, 6.07) is 11.0. The zero-order valence-electron chi connectivity index (χ0n) is 20.5. The molecule has 0 N–H and O–H groups in total. The number of nitrogens with zero attached hydrogens (tertiary/aromatic N) is 2. The molecule has 2 aromatic rings. The van der Waals surface area contributed by atoms with E-state index in [1.165, 1.54) is 17.2 Å². The predicted octanol–water partition coefficient (Wildman–Crippen LogP) is 7.27. The molecule has 0 amide bonds. The molecule has 1 aliphatic carbocycles. The number of hydrogen-bond donors (Lipinski definition) is 0. The fourth-order valence-electron chi connectivity index (χ4n) is 4.98. The molecule has 0 aromatic heterocycles. The Hall–Kier alpha value is -1.83. The second-order valence-corrected chi connectivity index (χ2v) is 9.52.